The molecule has 0 aromatic heterocycles. The maximum atomic E-state index is 16.3. The van der Waals surface area contributed by atoms with Crippen molar-refractivity contribution in [2.45, 2.75) is 121 Å². The molecule has 5 atom stereocenters. The van der Waals surface area contributed by atoms with E-state index in [1.54, 1.807) is 11.0 Å². The molecule has 2 N–H and O–H groups in total. The van der Waals surface area contributed by atoms with Gasteiger partial charge in [0.05, 0.1) is 0 Å². The molecule has 60 heavy (non-hydrogen) atoms. The predicted octanol–water partition coefficient (Wildman–Crippen LogP) is 8.59. The minimum Gasteiger partial charge on any atom is -0.508 e. The van der Waals surface area contributed by atoms with Crippen molar-refractivity contribution in [2.24, 2.45) is 5.92 Å². The summed E-state index contributed by atoms with van der Waals surface area (Å²) in [6.07, 6.45) is 10.3. The predicted molar refractivity (Wildman–Crippen MR) is 233 cm³/mol. The van der Waals surface area contributed by atoms with Gasteiger partial charge in [-0.3, -0.25) is 24.6 Å². The lowest BCUT2D eigenvalue weighted by Crippen LogP contribution is -2.55. The zero-order chi connectivity index (χ0) is 41.5. The number of piperazine rings is 1. The van der Waals surface area contributed by atoms with Crippen LogP contribution in [0.5, 0.6) is 5.75 Å². The van der Waals surface area contributed by atoms with Crippen LogP contribution in [0.4, 0.5) is 10.1 Å². The fourth-order valence-electron chi connectivity index (χ4n) is 11.6. The van der Waals surface area contributed by atoms with Gasteiger partial charge in [-0.2, -0.15) is 0 Å². The highest BCUT2D eigenvalue weighted by molar-refractivity contribution is 6.06. The van der Waals surface area contributed by atoms with Crippen LogP contribution >= 0.6 is 0 Å². The van der Waals surface area contributed by atoms with Crippen molar-refractivity contribution < 1.29 is 23.9 Å². The number of imide groups is 1. The molecule has 4 heterocycles. The summed E-state index contributed by atoms with van der Waals surface area (Å²) in [7, 11) is 0. The molecule has 5 aliphatic rings. The molecule has 0 bridgehead atoms. The maximum Gasteiger partial charge on any atom is 0.255 e. The van der Waals surface area contributed by atoms with Crippen molar-refractivity contribution in [1.29, 1.82) is 0 Å². The van der Waals surface area contributed by atoms with Crippen LogP contribution in [0.3, 0.4) is 0 Å². The normalized spacial score (nSPS) is 23.1. The van der Waals surface area contributed by atoms with Crippen LogP contribution in [0.2, 0.25) is 0 Å². The van der Waals surface area contributed by atoms with E-state index in [4.69, 9.17) is 0 Å². The summed E-state index contributed by atoms with van der Waals surface area (Å²) in [5.74, 6) is 0.274. The van der Waals surface area contributed by atoms with Crippen LogP contribution in [0.1, 0.15) is 132 Å². The average Bonchev–Trinajstić information content (AvgIpc) is 3.59. The maximum absolute atomic E-state index is 16.3. The van der Waals surface area contributed by atoms with Gasteiger partial charge in [-0.05, 0) is 151 Å². The first-order chi connectivity index (χ1) is 29.2. The molecule has 4 aliphatic heterocycles. The second-order valence-electron chi connectivity index (χ2n) is 18.1. The molecule has 2 saturated heterocycles. The number of nitrogens with one attached hydrogen (secondary N) is 1. The third-order valence-electron chi connectivity index (χ3n) is 14.5. The summed E-state index contributed by atoms with van der Waals surface area (Å²) in [5, 5.41) is 12.7. The highest BCUT2D eigenvalue weighted by Gasteiger charge is 2.42. The first kappa shape index (κ1) is 40.4. The number of nitrogens with zero attached hydrogens (tertiary/aromatic N) is 3. The van der Waals surface area contributed by atoms with Gasteiger partial charge in [-0.1, -0.05) is 62.7 Å². The van der Waals surface area contributed by atoms with Crippen molar-refractivity contribution in [3.8, 4) is 5.75 Å². The largest absolute Gasteiger partial charge is 0.508 e. The molecule has 0 spiro atoms. The van der Waals surface area contributed by atoms with Crippen molar-refractivity contribution in [1.82, 2.24) is 15.1 Å². The number of anilines is 1. The van der Waals surface area contributed by atoms with Gasteiger partial charge in [0.15, 0.2) is 0 Å². The zero-order valence-corrected chi connectivity index (χ0v) is 35.2. The van der Waals surface area contributed by atoms with Crippen LogP contribution in [0.15, 0.2) is 72.8 Å². The van der Waals surface area contributed by atoms with Gasteiger partial charge in [0.2, 0.25) is 11.8 Å². The van der Waals surface area contributed by atoms with Crippen LogP contribution in [-0.2, 0) is 41.8 Å². The van der Waals surface area contributed by atoms with Crippen LogP contribution < -0.4 is 10.2 Å². The Morgan fingerprint density at radius 1 is 0.833 bits per heavy atom. The number of aryl methyl sites for hydroxylation is 3. The van der Waals surface area contributed by atoms with Gasteiger partial charge < -0.3 is 14.9 Å². The summed E-state index contributed by atoms with van der Waals surface area (Å²) in [6, 6.07) is 24.3. The zero-order valence-electron chi connectivity index (χ0n) is 35.2. The molecule has 9 heteroatoms. The number of fused-ring (bicyclic) bond motifs is 6. The molecule has 4 aromatic carbocycles. The van der Waals surface area contributed by atoms with E-state index in [-0.39, 0.29) is 47.5 Å². The molecule has 314 valence electrons. The summed E-state index contributed by atoms with van der Waals surface area (Å²) in [4.78, 5) is 44.8. The molecule has 0 saturated carbocycles. The number of phenolic OH excluding ortho intramolecular Hbond substituents is 1. The summed E-state index contributed by atoms with van der Waals surface area (Å²) >= 11 is 0. The van der Waals surface area contributed by atoms with Crippen molar-refractivity contribution in [3.63, 3.8) is 0 Å². The Balaban J connectivity index is 0.846. The first-order valence-electron chi connectivity index (χ1n) is 22.7. The molecule has 3 amide bonds. The fourth-order valence-corrected chi connectivity index (χ4v) is 11.6. The first-order valence-corrected chi connectivity index (χ1v) is 22.7. The van der Waals surface area contributed by atoms with Gasteiger partial charge in [0, 0.05) is 62.4 Å². The number of carbonyl (C=O) groups is 3. The Morgan fingerprint density at radius 3 is 2.48 bits per heavy atom. The Hall–Kier alpha value is -5.02. The number of carbonyl (C=O) groups excluding carboxylic acids is 3. The van der Waals surface area contributed by atoms with Crippen LogP contribution in [0.25, 0.3) is 0 Å². The third kappa shape index (κ3) is 7.74. The number of rotatable bonds is 12. The van der Waals surface area contributed by atoms with Gasteiger partial charge in [-0.25, -0.2) is 4.39 Å². The summed E-state index contributed by atoms with van der Waals surface area (Å²) < 4.78 is 16.3. The molecule has 1 aliphatic carbocycles. The Kier molecular flexibility index (Phi) is 11.5. The minimum absolute atomic E-state index is 0.0302. The smallest absolute Gasteiger partial charge is 0.255 e. The minimum atomic E-state index is -0.599. The highest BCUT2D eigenvalue weighted by Crippen LogP contribution is 2.48. The van der Waals surface area contributed by atoms with Crippen LogP contribution in [0, 0.1) is 11.7 Å². The highest BCUT2D eigenvalue weighted by atomic mass is 19.1. The van der Waals surface area contributed by atoms with E-state index in [0.29, 0.717) is 30.5 Å². The number of amides is 3. The van der Waals surface area contributed by atoms with E-state index < -0.39 is 6.04 Å². The average molecular weight is 811 g/mol. The van der Waals surface area contributed by atoms with E-state index in [1.807, 2.05) is 18.2 Å². The molecular weight excluding hydrogens is 752 g/mol. The van der Waals surface area contributed by atoms with E-state index in [9.17, 15) is 19.5 Å². The molecule has 1 unspecified atom stereocenters. The van der Waals surface area contributed by atoms with E-state index in [2.05, 4.69) is 77.5 Å². The van der Waals surface area contributed by atoms with E-state index in [1.165, 1.54) is 27.9 Å². The molecular formula is C51H59FN4O4. The Bertz CT molecular complexity index is 2280. The summed E-state index contributed by atoms with van der Waals surface area (Å²) in [6.45, 7) is 8.88. The topological polar surface area (TPSA) is 93.2 Å². The monoisotopic (exact) mass is 810 g/mol. The number of halogens is 1. The second-order valence-corrected chi connectivity index (χ2v) is 18.1. The SMILES string of the molecule is CCCC(CCCc1cc(CC)c([C@@H]2c3ccc(O)cc3CC[C@@H]2c2ccccc2)cc1F)CN1CCN2c3ccc4c(c3CC[C@H]2C1)CN([C@H]1CCC(=O)NC1=O)C4=O. The molecule has 0 radical (unpaired) electrons. The molecule has 4 aromatic rings. The van der Waals surface area contributed by atoms with E-state index >= 15 is 4.39 Å². The number of hydrogen-bond donors (Lipinski definition) is 2. The lowest BCUT2D eigenvalue weighted by atomic mass is 9.68. The number of phenols is 1. The quantitative estimate of drug-likeness (QED) is 0.139. The number of benzene rings is 4. The third-order valence-corrected chi connectivity index (χ3v) is 14.5. The van der Waals surface area contributed by atoms with Gasteiger partial charge in [-0.15, -0.1) is 0 Å². The lowest BCUT2D eigenvalue weighted by Gasteiger charge is -2.47. The summed E-state index contributed by atoms with van der Waals surface area (Å²) in [5.41, 5.74) is 11.0. The Labute approximate surface area is 354 Å². The van der Waals surface area contributed by atoms with Crippen molar-refractivity contribution in [3.05, 3.63) is 129 Å². The lowest BCUT2D eigenvalue weighted by molar-refractivity contribution is -0.136. The standard InChI is InChI=1S/C51H59FN4O4/c1-3-9-32(29-54-24-25-55-37(30-54)15-18-41-44-31-56(47-22-23-48(58)53-50(47)59)51(60)42(44)20-21-46(41)55)10-8-13-36-26-33(4-2)43(28-45(36)52)49-39(34-11-6-5-7-12-34)17-14-35-27-38(57)16-19-40(35)49/h5-7,11-12,16,19-21,26-28,32,37,39,47,49,57H,3-4,8-10,13-15,17-18,22-25,29-31H2,1-2H3,(H,53,58,59)/t32?,37-,39+,47-,49-/m0/s1. The number of aromatic hydroxyl groups is 1. The van der Waals surface area contributed by atoms with Crippen molar-refractivity contribution >= 4 is 23.4 Å². The van der Waals surface area contributed by atoms with Gasteiger partial charge >= 0.3 is 0 Å². The fraction of sp³-hybridized carbons (Fsp3) is 0.471. The van der Waals surface area contributed by atoms with Gasteiger partial charge in [0.1, 0.15) is 17.6 Å². The van der Waals surface area contributed by atoms with Crippen molar-refractivity contribution in [2.75, 3.05) is 31.1 Å². The number of piperidine rings is 1. The Morgan fingerprint density at radius 2 is 1.68 bits per heavy atom. The molecule has 9 rings (SSSR count). The van der Waals surface area contributed by atoms with E-state index in [0.717, 1.165) is 113 Å². The molecule has 2 fully saturated rings. The van der Waals surface area contributed by atoms with Gasteiger partial charge in [0.25, 0.3) is 5.91 Å². The molecule has 8 nitrogen and oxygen atoms in total. The van der Waals surface area contributed by atoms with Crippen LogP contribution in [-0.4, -0.2) is 70.9 Å². The number of hydrogen-bond acceptors (Lipinski definition) is 6. The second kappa shape index (κ2) is 17.2.